The molecule has 3 rings (SSSR count). The van der Waals surface area contributed by atoms with Crippen LogP contribution >= 0.6 is 0 Å². The molecule has 0 atom stereocenters. The highest BCUT2D eigenvalue weighted by atomic mass is 32.2. The van der Waals surface area contributed by atoms with Gasteiger partial charge in [-0.05, 0) is 27.2 Å². The van der Waals surface area contributed by atoms with Crippen molar-refractivity contribution in [2.75, 3.05) is 45.8 Å². The molecule has 2 fully saturated rings. The molecule has 0 radical (unpaired) electrons. The van der Waals surface area contributed by atoms with Crippen molar-refractivity contribution in [1.82, 2.24) is 29.2 Å². The lowest BCUT2D eigenvalue weighted by Gasteiger charge is -2.34. The topological polar surface area (TPSA) is 127 Å². The summed E-state index contributed by atoms with van der Waals surface area (Å²) in [7, 11) is -3.75. The molecule has 29 heavy (non-hydrogen) atoms. The van der Waals surface area contributed by atoms with Crippen LogP contribution in [-0.2, 0) is 19.6 Å². The van der Waals surface area contributed by atoms with Crippen LogP contribution in [0, 0.1) is 13.8 Å². The number of urea groups is 1. The number of carbonyl (C=O) groups excluding carboxylic acids is 3. The van der Waals surface area contributed by atoms with Gasteiger partial charge in [0.2, 0.25) is 10.0 Å². The minimum atomic E-state index is -3.75. The number of nitrogens with zero attached hydrogens (tertiary/aromatic N) is 5. The quantitative estimate of drug-likeness (QED) is 0.651. The second-order valence-corrected chi connectivity index (χ2v) is 9.01. The molecule has 1 aromatic rings. The number of piperazine rings is 1. The Morgan fingerprint density at radius 1 is 1.03 bits per heavy atom. The average Bonchev–Trinajstić information content (AvgIpc) is 2.88. The van der Waals surface area contributed by atoms with Crippen LogP contribution in [0.2, 0.25) is 0 Å². The summed E-state index contributed by atoms with van der Waals surface area (Å²) in [6.07, 6.45) is 0.429. The van der Waals surface area contributed by atoms with E-state index in [-0.39, 0.29) is 31.1 Å². The summed E-state index contributed by atoms with van der Waals surface area (Å²) >= 11 is 0. The monoisotopic (exact) mass is 426 g/mol. The van der Waals surface area contributed by atoms with Crippen molar-refractivity contribution in [2.24, 2.45) is 0 Å². The van der Waals surface area contributed by atoms with Gasteiger partial charge in [-0.25, -0.2) is 13.2 Å². The van der Waals surface area contributed by atoms with Gasteiger partial charge in [0.1, 0.15) is 4.90 Å². The second-order valence-electron chi connectivity index (χ2n) is 7.13. The van der Waals surface area contributed by atoms with E-state index in [1.165, 1.54) is 14.1 Å². The average molecular weight is 426 g/mol. The van der Waals surface area contributed by atoms with Crippen LogP contribution in [-0.4, -0.2) is 101 Å². The molecule has 4 amide bonds. The van der Waals surface area contributed by atoms with Gasteiger partial charge in [0, 0.05) is 45.8 Å². The Bertz CT molecular complexity index is 907. The molecule has 1 aromatic heterocycles. The first-order valence-corrected chi connectivity index (χ1v) is 11.0. The highest BCUT2D eigenvalue weighted by molar-refractivity contribution is 7.89. The number of likely N-dealkylation sites (N-methyl/N-ethyl adjacent to an activating group) is 1. The van der Waals surface area contributed by atoms with E-state index in [9.17, 15) is 22.8 Å². The first-order chi connectivity index (χ1) is 13.7. The molecule has 160 valence electrons. The Kier molecular flexibility index (Phi) is 5.94. The smallest absolute Gasteiger partial charge is 0.327 e. The standard InChI is InChI=1S/C17H26N6O5S/c1-4-20-9-11-23(16(25)15(20)24)17(26)21-6-5-7-22(10-8-21)29(27,28)14-12(2)18-19-13(14)3/h4-11H2,1-3H3,(H,18,19). The zero-order valence-corrected chi connectivity index (χ0v) is 17.7. The van der Waals surface area contributed by atoms with Crippen molar-refractivity contribution in [2.45, 2.75) is 32.1 Å². The van der Waals surface area contributed by atoms with Crippen LogP contribution in [0.4, 0.5) is 4.79 Å². The van der Waals surface area contributed by atoms with Crippen molar-refractivity contribution in [1.29, 1.82) is 0 Å². The third-order valence-electron chi connectivity index (χ3n) is 5.31. The van der Waals surface area contributed by atoms with Crippen LogP contribution in [0.25, 0.3) is 0 Å². The number of sulfonamides is 1. The zero-order valence-electron chi connectivity index (χ0n) is 16.8. The van der Waals surface area contributed by atoms with Crippen molar-refractivity contribution in [3.05, 3.63) is 11.4 Å². The number of H-pyrrole nitrogens is 1. The molecule has 2 saturated heterocycles. The first-order valence-electron chi connectivity index (χ1n) is 9.59. The molecule has 0 bridgehead atoms. The molecule has 2 aliphatic heterocycles. The fourth-order valence-electron chi connectivity index (χ4n) is 3.70. The third kappa shape index (κ3) is 3.86. The number of hydrogen-bond acceptors (Lipinski definition) is 6. The van der Waals surface area contributed by atoms with E-state index >= 15 is 0 Å². The summed E-state index contributed by atoms with van der Waals surface area (Å²) in [6.45, 7) is 6.73. The number of nitrogens with one attached hydrogen (secondary N) is 1. The predicted molar refractivity (Wildman–Crippen MR) is 102 cm³/mol. The van der Waals surface area contributed by atoms with E-state index in [1.54, 1.807) is 20.8 Å². The zero-order chi connectivity index (χ0) is 21.3. The van der Waals surface area contributed by atoms with Gasteiger partial charge in [-0.3, -0.25) is 19.6 Å². The number of rotatable bonds is 3. The van der Waals surface area contributed by atoms with E-state index in [0.29, 0.717) is 37.4 Å². The van der Waals surface area contributed by atoms with Gasteiger partial charge >= 0.3 is 17.8 Å². The summed E-state index contributed by atoms with van der Waals surface area (Å²) in [4.78, 5) is 41.2. The molecule has 0 unspecified atom stereocenters. The number of aryl methyl sites for hydroxylation is 2. The van der Waals surface area contributed by atoms with Gasteiger partial charge in [-0.2, -0.15) is 9.40 Å². The van der Waals surface area contributed by atoms with Gasteiger partial charge in [-0.15, -0.1) is 0 Å². The fraction of sp³-hybridized carbons (Fsp3) is 0.647. The highest BCUT2D eigenvalue weighted by Gasteiger charge is 2.38. The SMILES string of the molecule is CCN1CCN(C(=O)N2CCCN(S(=O)(=O)c3c(C)n[nH]c3C)CC2)C(=O)C1=O. The Morgan fingerprint density at radius 3 is 2.38 bits per heavy atom. The van der Waals surface area contributed by atoms with Crippen LogP contribution < -0.4 is 0 Å². The highest BCUT2D eigenvalue weighted by Crippen LogP contribution is 2.23. The Hall–Kier alpha value is -2.47. The van der Waals surface area contributed by atoms with Crippen LogP contribution in [0.3, 0.4) is 0 Å². The summed E-state index contributed by atoms with van der Waals surface area (Å²) in [5, 5.41) is 6.64. The molecule has 12 heteroatoms. The maximum atomic E-state index is 13.0. The summed E-state index contributed by atoms with van der Waals surface area (Å²) < 4.78 is 27.4. The van der Waals surface area contributed by atoms with Crippen molar-refractivity contribution < 1.29 is 22.8 Å². The third-order valence-corrected chi connectivity index (χ3v) is 7.47. The fourth-order valence-corrected chi connectivity index (χ4v) is 5.51. The number of amides is 4. The lowest BCUT2D eigenvalue weighted by Crippen LogP contribution is -2.59. The number of aromatic amines is 1. The molecule has 11 nitrogen and oxygen atoms in total. The maximum absolute atomic E-state index is 13.0. The molecule has 1 N–H and O–H groups in total. The summed E-state index contributed by atoms with van der Waals surface area (Å²) in [5.74, 6) is -1.52. The first kappa shape index (κ1) is 21.2. The molecule has 0 saturated carbocycles. The molecule has 0 aliphatic carbocycles. The van der Waals surface area contributed by atoms with E-state index in [1.807, 2.05) is 0 Å². The predicted octanol–water partition coefficient (Wildman–Crippen LogP) is -0.466. The minimum Gasteiger partial charge on any atom is -0.333 e. The second kappa shape index (κ2) is 8.11. The Balaban J connectivity index is 1.71. The van der Waals surface area contributed by atoms with E-state index < -0.39 is 27.9 Å². The molecule has 3 heterocycles. The number of imide groups is 1. The number of hydrogen-bond donors (Lipinski definition) is 1. The number of carbonyl (C=O) groups is 3. The van der Waals surface area contributed by atoms with E-state index in [0.717, 1.165) is 4.90 Å². The summed E-state index contributed by atoms with van der Waals surface area (Å²) in [6, 6.07) is -0.547. The number of aromatic nitrogens is 2. The molecular weight excluding hydrogens is 400 g/mol. The molecule has 2 aliphatic rings. The van der Waals surface area contributed by atoms with Crippen LogP contribution in [0.15, 0.2) is 4.90 Å². The lowest BCUT2D eigenvalue weighted by molar-refractivity contribution is -0.153. The minimum absolute atomic E-state index is 0.106. The molecule has 0 aromatic carbocycles. The van der Waals surface area contributed by atoms with Gasteiger partial charge in [0.05, 0.1) is 11.4 Å². The normalized spacial score (nSPS) is 19.6. The summed E-state index contributed by atoms with van der Waals surface area (Å²) in [5.41, 5.74) is 0.871. The Morgan fingerprint density at radius 2 is 1.76 bits per heavy atom. The largest absolute Gasteiger partial charge is 0.333 e. The Labute approximate surface area is 169 Å². The van der Waals surface area contributed by atoms with Crippen LogP contribution in [0.1, 0.15) is 24.7 Å². The molecular formula is C17H26N6O5S. The maximum Gasteiger partial charge on any atom is 0.327 e. The van der Waals surface area contributed by atoms with Crippen molar-refractivity contribution in [3.8, 4) is 0 Å². The van der Waals surface area contributed by atoms with Gasteiger partial charge in [0.25, 0.3) is 0 Å². The van der Waals surface area contributed by atoms with E-state index in [2.05, 4.69) is 10.2 Å². The van der Waals surface area contributed by atoms with E-state index in [4.69, 9.17) is 0 Å². The van der Waals surface area contributed by atoms with Gasteiger partial charge in [0.15, 0.2) is 0 Å². The van der Waals surface area contributed by atoms with Crippen molar-refractivity contribution >= 4 is 27.9 Å². The lowest BCUT2D eigenvalue weighted by atomic mass is 10.3. The van der Waals surface area contributed by atoms with Crippen molar-refractivity contribution in [3.63, 3.8) is 0 Å². The van der Waals surface area contributed by atoms with Gasteiger partial charge < -0.3 is 9.80 Å². The van der Waals surface area contributed by atoms with Gasteiger partial charge in [-0.1, -0.05) is 0 Å². The molecule has 0 spiro atoms. The van der Waals surface area contributed by atoms with Crippen LogP contribution in [0.5, 0.6) is 0 Å².